The second-order valence-electron chi connectivity index (χ2n) is 7.11. The van der Waals surface area contributed by atoms with E-state index in [0.29, 0.717) is 11.0 Å². The molecule has 0 aliphatic carbocycles. The maximum Gasteiger partial charge on any atom is 0.210 e. The number of nitrogen functional groups attached to an aromatic ring is 1. The number of para-hydroxylation sites is 1. The van der Waals surface area contributed by atoms with Gasteiger partial charge in [-0.3, -0.25) is 0 Å². The normalized spacial score (nSPS) is 11.5. The van der Waals surface area contributed by atoms with Gasteiger partial charge in [0, 0.05) is 5.75 Å². The maximum absolute atomic E-state index is 6.22. The van der Waals surface area contributed by atoms with Crippen LogP contribution in [-0.2, 0) is 11.2 Å². The van der Waals surface area contributed by atoms with E-state index < -0.39 is 0 Å². The summed E-state index contributed by atoms with van der Waals surface area (Å²) in [5.74, 6) is 8.32. The quantitative estimate of drug-likeness (QED) is 0.538. The molecule has 2 aromatic carbocycles. The lowest BCUT2D eigenvalue weighted by Gasteiger charge is -2.19. The van der Waals surface area contributed by atoms with Crippen molar-refractivity contribution in [1.29, 1.82) is 0 Å². The van der Waals surface area contributed by atoms with Gasteiger partial charge in [-0.15, -0.1) is 10.2 Å². The van der Waals surface area contributed by atoms with Crippen LogP contribution in [0.15, 0.2) is 53.7 Å². The molecule has 26 heavy (non-hydrogen) atoms. The molecular weight excluding hydrogens is 344 g/mol. The van der Waals surface area contributed by atoms with Crippen LogP contribution in [0.3, 0.4) is 0 Å². The summed E-state index contributed by atoms with van der Waals surface area (Å²) >= 11 is 1.57. The van der Waals surface area contributed by atoms with Crippen LogP contribution < -0.4 is 10.6 Å². The zero-order valence-electron chi connectivity index (χ0n) is 15.6. The Labute approximate surface area is 158 Å². The molecule has 0 amide bonds. The molecule has 3 rings (SSSR count). The van der Waals surface area contributed by atoms with Gasteiger partial charge in [-0.05, 0) is 28.7 Å². The molecule has 3 aromatic rings. The summed E-state index contributed by atoms with van der Waals surface area (Å²) < 4.78 is 6.91. The molecule has 5 nitrogen and oxygen atoms in total. The molecular formula is C20H24N4OS. The lowest BCUT2D eigenvalue weighted by molar-refractivity contribution is 0.416. The minimum absolute atomic E-state index is 0.159. The summed E-state index contributed by atoms with van der Waals surface area (Å²) in [5, 5.41) is 9.15. The third-order valence-corrected chi connectivity index (χ3v) is 5.21. The third-order valence-electron chi connectivity index (χ3n) is 4.20. The van der Waals surface area contributed by atoms with Gasteiger partial charge in [0.25, 0.3) is 0 Å². The van der Waals surface area contributed by atoms with E-state index in [1.807, 2.05) is 24.3 Å². The number of thioether (sulfide) groups is 1. The molecule has 0 radical (unpaired) electrons. The van der Waals surface area contributed by atoms with Crippen LogP contribution in [-0.4, -0.2) is 22.0 Å². The van der Waals surface area contributed by atoms with E-state index in [1.165, 1.54) is 15.8 Å². The van der Waals surface area contributed by atoms with Crippen molar-refractivity contribution < 1.29 is 4.74 Å². The Morgan fingerprint density at radius 1 is 1.04 bits per heavy atom. The predicted octanol–water partition coefficient (Wildman–Crippen LogP) is 4.26. The highest BCUT2D eigenvalue weighted by Gasteiger charge is 2.16. The largest absolute Gasteiger partial charge is 0.496 e. The zero-order valence-corrected chi connectivity index (χ0v) is 16.4. The molecule has 1 heterocycles. The predicted molar refractivity (Wildman–Crippen MR) is 107 cm³/mol. The van der Waals surface area contributed by atoms with E-state index in [2.05, 4.69) is 55.2 Å². The number of nitrogens with two attached hydrogens (primary N) is 1. The maximum atomic E-state index is 6.22. The molecule has 1 aromatic heterocycles. The van der Waals surface area contributed by atoms with Crippen LogP contribution in [0.2, 0.25) is 0 Å². The van der Waals surface area contributed by atoms with Crippen molar-refractivity contribution in [2.24, 2.45) is 0 Å². The Morgan fingerprint density at radius 3 is 2.38 bits per heavy atom. The van der Waals surface area contributed by atoms with Gasteiger partial charge in [0.15, 0.2) is 5.82 Å². The van der Waals surface area contributed by atoms with Gasteiger partial charge >= 0.3 is 0 Å². The lowest BCUT2D eigenvalue weighted by Crippen LogP contribution is -2.12. The van der Waals surface area contributed by atoms with Crippen molar-refractivity contribution in [2.75, 3.05) is 13.0 Å². The van der Waals surface area contributed by atoms with Gasteiger partial charge in [-0.2, -0.15) is 0 Å². The standard InChI is InChI=1S/C20H24N4OS/c1-20(2,3)15-11-9-14(10-12-15)13-26-19-23-22-18(24(19)21)16-7-5-6-8-17(16)25-4/h5-12H,13,21H2,1-4H3. The van der Waals surface area contributed by atoms with E-state index in [1.54, 1.807) is 18.9 Å². The molecule has 0 saturated heterocycles. The molecule has 2 N–H and O–H groups in total. The van der Waals surface area contributed by atoms with Crippen LogP contribution >= 0.6 is 11.8 Å². The molecule has 0 aliphatic rings. The van der Waals surface area contributed by atoms with Crippen LogP contribution in [0.4, 0.5) is 0 Å². The lowest BCUT2D eigenvalue weighted by atomic mass is 9.87. The Bertz CT molecular complexity index is 882. The van der Waals surface area contributed by atoms with Crippen molar-refractivity contribution in [3.63, 3.8) is 0 Å². The Kier molecular flexibility index (Phi) is 5.23. The smallest absolute Gasteiger partial charge is 0.210 e. The number of ether oxygens (including phenoxy) is 1. The van der Waals surface area contributed by atoms with Gasteiger partial charge in [0.05, 0.1) is 12.7 Å². The van der Waals surface area contributed by atoms with Crippen molar-refractivity contribution in [1.82, 2.24) is 14.9 Å². The number of aromatic nitrogens is 3. The van der Waals surface area contributed by atoms with Gasteiger partial charge < -0.3 is 10.6 Å². The number of hydrogen-bond donors (Lipinski definition) is 1. The number of rotatable bonds is 5. The van der Waals surface area contributed by atoms with E-state index in [-0.39, 0.29) is 5.41 Å². The van der Waals surface area contributed by atoms with Crippen molar-refractivity contribution in [3.05, 3.63) is 59.7 Å². The van der Waals surface area contributed by atoms with Crippen molar-refractivity contribution >= 4 is 11.8 Å². The fourth-order valence-corrected chi connectivity index (χ4v) is 3.45. The highest BCUT2D eigenvalue weighted by molar-refractivity contribution is 7.98. The summed E-state index contributed by atoms with van der Waals surface area (Å²) in [4.78, 5) is 0. The highest BCUT2D eigenvalue weighted by Crippen LogP contribution is 2.30. The number of benzene rings is 2. The van der Waals surface area contributed by atoms with Crippen molar-refractivity contribution in [3.8, 4) is 17.1 Å². The van der Waals surface area contributed by atoms with E-state index in [0.717, 1.165) is 17.1 Å². The van der Waals surface area contributed by atoms with Crippen LogP contribution in [0.5, 0.6) is 5.75 Å². The second kappa shape index (κ2) is 7.41. The molecule has 0 atom stereocenters. The fourth-order valence-electron chi connectivity index (χ4n) is 2.64. The Morgan fingerprint density at radius 2 is 1.73 bits per heavy atom. The number of hydrogen-bond acceptors (Lipinski definition) is 5. The summed E-state index contributed by atoms with van der Waals surface area (Å²) in [6.07, 6.45) is 0. The molecule has 0 unspecified atom stereocenters. The molecule has 0 fully saturated rings. The van der Waals surface area contributed by atoms with E-state index >= 15 is 0 Å². The summed E-state index contributed by atoms with van der Waals surface area (Å²) in [7, 11) is 1.63. The van der Waals surface area contributed by atoms with Gasteiger partial charge in [-0.25, -0.2) is 4.68 Å². The molecule has 0 aliphatic heterocycles. The first-order valence-corrected chi connectivity index (χ1v) is 9.45. The Balaban J connectivity index is 1.75. The van der Waals surface area contributed by atoms with Crippen LogP contribution in [0.1, 0.15) is 31.9 Å². The first kappa shape index (κ1) is 18.3. The number of methoxy groups -OCH3 is 1. The van der Waals surface area contributed by atoms with Crippen LogP contribution in [0.25, 0.3) is 11.4 Å². The average Bonchev–Trinajstić information content (AvgIpc) is 3.00. The average molecular weight is 369 g/mol. The minimum Gasteiger partial charge on any atom is -0.496 e. The minimum atomic E-state index is 0.159. The number of nitrogens with zero attached hydrogens (tertiary/aromatic N) is 3. The Hall–Kier alpha value is -2.47. The molecule has 136 valence electrons. The van der Waals surface area contributed by atoms with Gasteiger partial charge in [0.1, 0.15) is 5.75 Å². The molecule has 6 heteroatoms. The zero-order chi connectivity index (χ0) is 18.7. The first-order chi connectivity index (χ1) is 12.4. The van der Waals surface area contributed by atoms with Gasteiger partial charge in [0.2, 0.25) is 5.16 Å². The second-order valence-corrected chi connectivity index (χ2v) is 8.05. The van der Waals surface area contributed by atoms with Crippen LogP contribution in [0, 0.1) is 0 Å². The summed E-state index contributed by atoms with van der Waals surface area (Å²) in [5.41, 5.74) is 3.54. The molecule has 0 spiro atoms. The fraction of sp³-hybridized carbons (Fsp3) is 0.300. The SMILES string of the molecule is COc1ccccc1-c1nnc(SCc2ccc(C(C)(C)C)cc2)n1N. The topological polar surface area (TPSA) is 66.0 Å². The van der Waals surface area contributed by atoms with Gasteiger partial charge in [-0.1, -0.05) is 68.9 Å². The molecule has 0 bridgehead atoms. The molecule has 0 saturated carbocycles. The third kappa shape index (κ3) is 3.85. The van der Waals surface area contributed by atoms with E-state index in [4.69, 9.17) is 10.6 Å². The summed E-state index contributed by atoms with van der Waals surface area (Å²) in [6, 6.07) is 16.3. The van der Waals surface area contributed by atoms with Crippen molar-refractivity contribution in [2.45, 2.75) is 37.1 Å². The first-order valence-electron chi connectivity index (χ1n) is 8.46. The van der Waals surface area contributed by atoms with E-state index in [9.17, 15) is 0 Å². The summed E-state index contributed by atoms with van der Waals surface area (Å²) in [6.45, 7) is 6.65. The monoisotopic (exact) mass is 368 g/mol. The highest BCUT2D eigenvalue weighted by atomic mass is 32.2.